The monoisotopic (exact) mass is 291 g/mol. The van der Waals surface area contributed by atoms with Gasteiger partial charge in [-0.15, -0.1) is 0 Å². The van der Waals surface area contributed by atoms with Gasteiger partial charge in [0.15, 0.2) is 5.82 Å². The molecule has 4 nitrogen and oxygen atoms in total. The minimum atomic E-state index is -0.258. The fraction of sp³-hybridized carbons (Fsp3) is 0.765. The van der Waals surface area contributed by atoms with Crippen molar-refractivity contribution in [3.05, 3.63) is 23.8 Å². The highest BCUT2D eigenvalue weighted by Gasteiger charge is 2.36. The van der Waals surface area contributed by atoms with E-state index in [2.05, 4.69) is 24.1 Å². The van der Waals surface area contributed by atoms with Crippen LogP contribution in [0.2, 0.25) is 0 Å². The number of ether oxygens (including phenoxy) is 1. The first-order chi connectivity index (χ1) is 10.3. The number of hydrogen-bond acceptors (Lipinski definition) is 4. The molecular weight excluding hydrogens is 262 g/mol. The second-order valence-electron chi connectivity index (χ2n) is 5.89. The third-order valence-corrected chi connectivity index (χ3v) is 4.19. The van der Waals surface area contributed by atoms with Crippen LogP contribution in [0, 0.1) is 0 Å². The highest BCUT2D eigenvalue weighted by molar-refractivity contribution is 5.09. The molecule has 0 spiro atoms. The Morgan fingerprint density at radius 1 is 1.19 bits per heavy atom. The SMILES string of the molecule is CCCNCc1ccnc(C2(OCC)CCCCCC2)n1. The van der Waals surface area contributed by atoms with E-state index in [1.165, 1.54) is 25.7 Å². The summed E-state index contributed by atoms with van der Waals surface area (Å²) >= 11 is 0. The van der Waals surface area contributed by atoms with Crippen molar-refractivity contribution in [2.45, 2.75) is 70.9 Å². The molecule has 1 aliphatic rings. The quantitative estimate of drug-likeness (QED) is 0.616. The summed E-state index contributed by atoms with van der Waals surface area (Å²) in [6.45, 7) is 6.80. The van der Waals surface area contributed by atoms with E-state index >= 15 is 0 Å². The van der Waals surface area contributed by atoms with Gasteiger partial charge in [0.1, 0.15) is 5.60 Å². The molecule has 2 rings (SSSR count). The predicted octanol–water partition coefficient (Wildman–Crippen LogP) is 3.56. The number of rotatable bonds is 7. The summed E-state index contributed by atoms with van der Waals surface area (Å²) in [7, 11) is 0. The van der Waals surface area contributed by atoms with Gasteiger partial charge in [0.2, 0.25) is 0 Å². The maximum absolute atomic E-state index is 6.17. The van der Waals surface area contributed by atoms with E-state index in [1.54, 1.807) is 0 Å². The molecule has 4 heteroatoms. The van der Waals surface area contributed by atoms with Crippen molar-refractivity contribution in [3.8, 4) is 0 Å². The Kier molecular flexibility index (Phi) is 6.58. The van der Waals surface area contributed by atoms with Crippen molar-refractivity contribution >= 4 is 0 Å². The van der Waals surface area contributed by atoms with Gasteiger partial charge < -0.3 is 10.1 Å². The number of hydrogen-bond donors (Lipinski definition) is 1. The molecule has 0 aromatic carbocycles. The largest absolute Gasteiger partial charge is 0.367 e. The van der Waals surface area contributed by atoms with Gasteiger partial charge in [0, 0.05) is 19.3 Å². The first-order valence-corrected chi connectivity index (χ1v) is 8.48. The summed E-state index contributed by atoms with van der Waals surface area (Å²) in [6.07, 6.45) is 10.1. The predicted molar refractivity (Wildman–Crippen MR) is 85.0 cm³/mol. The normalized spacial score (nSPS) is 18.4. The topological polar surface area (TPSA) is 47.0 Å². The summed E-state index contributed by atoms with van der Waals surface area (Å²) in [6, 6.07) is 2.00. The fourth-order valence-corrected chi connectivity index (χ4v) is 3.12. The average Bonchev–Trinajstić information content (AvgIpc) is 2.75. The van der Waals surface area contributed by atoms with Gasteiger partial charge in [0.25, 0.3) is 0 Å². The number of nitrogens with zero attached hydrogens (tertiary/aromatic N) is 2. The van der Waals surface area contributed by atoms with Crippen molar-refractivity contribution in [1.29, 1.82) is 0 Å². The van der Waals surface area contributed by atoms with E-state index in [-0.39, 0.29) is 5.60 Å². The number of nitrogens with one attached hydrogen (secondary N) is 1. The molecule has 21 heavy (non-hydrogen) atoms. The minimum absolute atomic E-state index is 0.258. The zero-order chi connectivity index (χ0) is 15.0. The molecule has 0 radical (unpaired) electrons. The van der Waals surface area contributed by atoms with Crippen LogP contribution in [0.4, 0.5) is 0 Å². The van der Waals surface area contributed by atoms with Crippen LogP contribution in [-0.4, -0.2) is 23.1 Å². The van der Waals surface area contributed by atoms with E-state index in [1.807, 2.05) is 12.3 Å². The fourth-order valence-electron chi connectivity index (χ4n) is 3.12. The summed E-state index contributed by atoms with van der Waals surface area (Å²) in [5.41, 5.74) is 0.809. The molecule has 1 N–H and O–H groups in total. The molecule has 1 heterocycles. The van der Waals surface area contributed by atoms with E-state index < -0.39 is 0 Å². The van der Waals surface area contributed by atoms with Gasteiger partial charge >= 0.3 is 0 Å². The van der Waals surface area contributed by atoms with Crippen LogP contribution in [0.3, 0.4) is 0 Å². The van der Waals surface area contributed by atoms with Gasteiger partial charge in [-0.2, -0.15) is 0 Å². The molecule has 0 atom stereocenters. The van der Waals surface area contributed by atoms with Crippen molar-refractivity contribution < 1.29 is 4.74 Å². The molecule has 118 valence electrons. The molecule has 0 bridgehead atoms. The van der Waals surface area contributed by atoms with E-state index in [0.717, 1.165) is 50.5 Å². The van der Waals surface area contributed by atoms with Gasteiger partial charge in [-0.05, 0) is 38.8 Å². The second-order valence-corrected chi connectivity index (χ2v) is 5.89. The van der Waals surface area contributed by atoms with Crippen molar-refractivity contribution in [2.75, 3.05) is 13.2 Å². The third-order valence-electron chi connectivity index (χ3n) is 4.19. The molecular formula is C17H29N3O. The van der Waals surface area contributed by atoms with Gasteiger partial charge in [-0.25, -0.2) is 9.97 Å². The Balaban J connectivity index is 2.16. The molecule has 0 unspecified atom stereocenters. The number of aromatic nitrogens is 2. The van der Waals surface area contributed by atoms with E-state index in [9.17, 15) is 0 Å². The lowest BCUT2D eigenvalue weighted by Crippen LogP contribution is -2.32. The van der Waals surface area contributed by atoms with E-state index in [0.29, 0.717) is 0 Å². The molecule has 1 aromatic rings. The standard InChI is InChI=1S/C17H29N3O/c1-3-12-18-14-15-9-13-19-16(20-15)17(21-4-2)10-7-5-6-8-11-17/h9,13,18H,3-8,10-12,14H2,1-2H3. The van der Waals surface area contributed by atoms with Crippen LogP contribution in [0.15, 0.2) is 12.3 Å². The van der Waals surface area contributed by atoms with Crippen molar-refractivity contribution in [3.63, 3.8) is 0 Å². The summed E-state index contributed by atoms with van der Waals surface area (Å²) in [5.74, 6) is 0.891. The van der Waals surface area contributed by atoms with Crippen LogP contribution in [0.5, 0.6) is 0 Å². The lowest BCUT2D eigenvalue weighted by atomic mass is 9.93. The summed E-state index contributed by atoms with van der Waals surface area (Å²) < 4.78 is 6.17. The maximum atomic E-state index is 6.17. The Morgan fingerprint density at radius 3 is 2.62 bits per heavy atom. The summed E-state index contributed by atoms with van der Waals surface area (Å²) in [5, 5.41) is 3.41. The van der Waals surface area contributed by atoms with Crippen LogP contribution in [0.1, 0.15) is 70.3 Å². The van der Waals surface area contributed by atoms with Crippen LogP contribution in [-0.2, 0) is 16.9 Å². The lowest BCUT2D eigenvalue weighted by molar-refractivity contribution is -0.0625. The van der Waals surface area contributed by atoms with Crippen LogP contribution >= 0.6 is 0 Å². The zero-order valence-electron chi connectivity index (χ0n) is 13.5. The van der Waals surface area contributed by atoms with Gasteiger partial charge in [-0.1, -0.05) is 32.6 Å². The van der Waals surface area contributed by atoms with Gasteiger partial charge in [-0.3, -0.25) is 0 Å². The van der Waals surface area contributed by atoms with Crippen LogP contribution < -0.4 is 5.32 Å². The first kappa shape index (κ1) is 16.4. The Hall–Kier alpha value is -1.00. The van der Waals surface area contributed by atoms with Crippen LogP contribution in [0.25, 0.3) is 0 Å². The Morgan fingerprint density at radius 2 is 1.95 bits per heavy atom. The molecule has 1 saturated carbocycles. The van der Waals surface area contributed by atoms with E-state index in [4.69, 9.17) is 9.72 Å². The first-order valence-electron chi connectivity index (χ1n) is 8.48. The van der Waals surface area contributed by atoms with Crippen molar-refractivity contribution in [1.82, 2.24) is 15.3 Å². The molecule has 0 aliphatic heterocycles. The second kappa shape index (κ2) is 8.44. The van der Waals surface area contributed by atoms with Gasteiger partial charge in [0.05, 0.1) is 5.69 Å². The summed E-state index contributed by atoms with van der Waals surface area (Å²) in [4.78, 5) is 9.36. The molecule has 1 aliphatic carbocycles. The maximum Gasteiger partial charge on any atom is 0.160 e. The molecule has 1 aromatic heterocycles. The zero-order valence-corrected chi connectivity index (χ0v) is 13.5. The lowest BCUT2D eigenvalue weighted by Gasteiger charge is -2.31. The Bertz CT molecular complexity index is 414. The highest BCUT2D eigenvalue weighted by atomic mass is 16.5. The smallest absolute Gasteiger partial charge is 0.160 e. The minimum Gasteiger partial charge on any atom is -0.367 e. The molecule has 0 saturated heterocycles. The average molecular weight is 291 g/mol. The highest BCUT2D eigenvalue weighted by Crippen LogP contribution is 2.37. The molecule has 0 amide bonds. The Labute approximate surface area is 128 Å². The third kappa shape index (κ3) is 4.48. The van der Waals surface area contributed by atoms with Crippen molar-refractivity contribution in [2.24, 2.45) is 0 Å². The molecule has 1 fully saturated rings.